The van der Waals surface area contributed by atoms with E-state index in [-0.39, 0.29) is 12.0 Å². The van der Waals surface area contributed by atoms with Gasteiger partial charge in [0.05, 0.1) is 17.3 Å². The van der Waals surface area contributed by atoms with Crippen LogP contribution >= 0.6 is 11.3 Å². The molecule has 0 unspecified atom stereocenters. The lowest BCUT2D eigenvalue weighted by Crippen LogP contribution is -2.38. The second kappa shape index (κ2) is 3.56. The Kier molecular flexibility index (Phi) is 2.33. The third-order valence-corrected chi connectivity index (χ3v) is 5.14. The van der Waals surface area contributed by atoms with Gasteiger partial charge in [0, 0.05) is 16.7 Å². The highest BCUT2D eigenvalue weighted by atomic mass is 32.1. The van der Waals surface area contributed by atoms with Gasteiger partial charge in [-0.3, -0.25) is 0 Å². The van der Waals surface area contributed by atoms with E-state index in [4.69, 9.17) is 4.98 Å². The van der Waals surface area contributed by atoms with Gasteiger partial charge in [-0.15, -0.1) is 11.3 Å². The van der Waals surface area contributed by atoms with Crippen LogP contribution in [-0.4, -0.2) is 16.7 Å². The molecular weight excluding hydrogens is 206 g/mol. The van der Waals surface area contributed by atoms with Gasteiger partial charge in [-0.1, -0.05) is 12.8 Å². The van der Waals surface area contributed by atoms with Crippen LogP contribution in [0.3, 0.4) is 0 Å². The lowest BCUT2D eigenvalue weighted by molar-refractivity contribution is 0.116. The van der Waals surface area contributed by atoms with E-state index in [9.17, 15) is 5.11 Å². The van der Waals surface area contributed by atoms with E-state index >= 15 is 0 Å². The molecule has 1 N–H and O–H groups in total. The van der Waals surface area contributed by atoms with Crippen molar-refractivity contribution in [2.45, 2.75) is 49.9 Å². The number of aromatic nitrogens is 1. The number of hydrogen-bond donors (Lipinski definition) is 1. The third kappa shape index (κ3) is 1.44. The van der Waals surface area contributed by atoms with Gasteiger partial charge in [0.2, 0.25) is 0 Å². The molecule has 3 rings (SSSR count). The average Bonchev–Trinajstić information content (AvgIpc) is 2.50. The van der Waals surface area contributed by atoms with Crippen molar-refractivity contribution in [1.82, 2.24) is 4.98 Å². The molecule has 0 atom stereocenters. The topological polar surface area (TPSA) is 33.1 Å². The zero-order valence-corrected chi connectivity index (χ0v) is 9.72. The zero-order valence-electron chi connectivity index (χ0n) is 8.91. The molecule has 2 aliphatic carbocycles. The molecule has 0 amide bonds. The van der Waals surface area contributed by atoms with Gasteiger partial charge in [0.25, 0.3) is 0 Å². The predicted octanol–water partition coefficient (Wildman–Crippen LogP) is 2.82. The Bertz CT molecular complexity index is 347. The van der Waals surface area contributed by atoms with Crippen LogP contribution in [0.15, 0.2) is 5.38 Å². The van der Waals surface area contributed by atoms with E-state index in [1.807, 2.05) is 0 Å². The number of thiazole rings is 1. The van der Waals surface area contributed by atoms with Crippen molar-refractivity contribution in [3.8, 4) is 0 Å². The molecule has 3 heteroatoms. The number of aliphatic hydroxyl groups is 1. The van der Waals surface area contributed by atoms with Crippen molar-refractivity contribution in [2.75, 3.05) is 6.61 Å². The Morgan fingerprint density at radius 2 is 2.20 bits per heavy atom. The highest BCUT2D eigenvalue weighted by Gasteiger charge is 2.40. The second-order valence-corrected chi connectivity index (χ2v) is 5.88. The van der Waals surface area contributed by atoms with Crippen LogP contribution in [0.5, 0.6) is 0 Å². The standard InChI is InChI=1S/C12H17NOS/c14-8-12(5-2-6-12)10-7-15-11(13-10)9-3-1-4-9/h7,9,14H,1-6,8H2. The van der Waals surface area contributed by atoms with Gasteiger partial charge < -0.3 is 5.11 Å². The summed E-state index contributed by atoms with van der Waals surface area (Å²) in [6.45, 7) is 0.279. The van der Waals surface area contributed by atoms with Gasteiger partial charge >= 0.3 is 0 Å². The lowest BCUT2D eigenvalue weighted by Gasteiger charge is -2.38. The summed E-state index contributed by atoms with van der Waals surface area (Å²) in [5.41, 5.74) is 1.21. The van der Waals surface area contributed by atoms with Gasteiger partial charge in [0.15, 0.2) is 0 Å². The Morgan fingerprint density at radius 1 is 1.40 bits per heavy atom. The fourth-order valence-corrected chi connectivity index (χ4v) is 3.59. The van der Waals surface area contributed by atoms with E-state index in [2.05, 4.69) is 5.38 Å². The van der Waals surface area contributed by atoms with Gasteiger partial charge in [0.1, 0.15) is 0 Å². The maximum absolute atomic E-state index is 9.47. The molecule has 1 heterocycles. The minimum Gasteiger partial charge on any atom is -0.395 e. The van der Waals surface area contributed by atoms with Crippen LogP contribution in [0.1, 0.15) is 55.1 Å². The molecule has 1 aromatic heterocycles. The molecule has 0 saturated heterocycles. The Hall–Kier alpha value is -0.410. The molecule has 2 fully saturated rings. The number of nitrogens with zero attached hydrogens (tertiary/aromatic N) is 1. The van der Waals surface area contributed by atoms with Crippen LogP contribution in [-0.2, 0) is 5.41 Å². The highest BCUT2D eigenvalue weighted by Crippen LogP contribution is 2.45. The molecule has 1 aromatic rings. The monoisotopic (exact) mass is 223 g/mol. The fourth-order valence-electron chi connectivity index (χ4n) is 2.47. The van der Waals surface area contributed by atoms with E-state index in [1.165, 1.54) is 36.4 Å². The van der Waals surface area contributed by atoms with Crippen molar-refractivity contribution in [1.29, 1.82) is 0 Å². The van der Waals surface area contributed by atoms with Crippen LogP contribution in [0.25, 0.3) is 0 Å². The summed E-state index contributed by atoms with van der Waals surface area (Å²) < 4.78 is 0. The number of hydrogen-bond acceptors (Lipinski definition) is 3. The number of rotatable bonds is 3. The van der Waals surface area contributed by atoms with E-state index in [0.29, 0.717) is 0 Å². The van der Waals surface area contributed by atoms with Crippen molar-refractivity contribution in [2.24, 2.45) is 0 Å². The molecule has 2 nitrogen and oxygen atoms in total. The summed E-state index contributed by atoms with van der Waals surface area (Å²) in [5, 5.41) is 13.0. The van der Waals surface area contributed by atoms with Gasteiger partial charge in [-0.05, 0) is 25.7 Å². The molecule has 0 aromatic carbocycles. The first-order chi connectivity index (χ1) is 7.34. The van der Waals surface area contributed by atoms with Crippen molar-refractivity contribution in [3.05, 3.63) is 16.1 Å². The molecule has 0 radical (unpaired) electrons. The quantitative estimate of drug-likeness (QED) is 0.854. The normalized spacial score (nSPS) is 24.6. The van der Waals surface area contributed by atoms with Gasteiger partial charge in [-0.2, -0.15) is 0 Å². The summed E-state index contributed by atoms with van der Waals surface area (Å²) in [6, 6.07) is 0. The Morgan fingerprint density at radius 3 is 2.67 bits per heavy atom. The molecule has 0 bridgehead atoms. The van der Waals surface area contributed by atoms with Crippen molar-refractivity contribution in [3.63, 3.8) is 0 Å². The fraction of sp³-hybridized carbons (Fsp3) is 0.750. The smallest absolute Gasteiger partial charge is 0.0959 e. The SMILES string of the molecule is OCC1(c2csc(C3CCC3)n2)CCC1. The van der Waals surface area contributed by atoms with Crippen molar-refractivity contribution >= 4 is 11.3 Å². The minimum atomic E-state index is 0.0402. The first kappa shape index (κ1) is 9.79. The molecular formula is C12H17NOS. The highest BCUT2D eigenvalue weighted by molar-refractivity contribution is 7.09. The maximum Gasteiger partial charge on any atom is 0.0959 e. The molecule has 82 valence electrons. The summed E-state index contributed by atoms with van der Waals surface area (Å²) in [4.78, 5) is 4.76. The summed E-state index contributed by atoms with van der Waals surface area (Å²) in [5.74, 6) is 0.736. The summed E-state index contributed by atoms with van der Waals surface area (Å²) >= 11 is 1.80. The second-order valence-electron chi connectivity index (χ2n) is 4.99. The third-order valence-electron chi connectivity index (χ3n) is 4.13. The van der Waals surface area contributed by atoms with Crippen LogP contribution in [0, 0.1) is 0 Å². The predicted molar refractivity (Wildman–Crippen MR) is 61.3 cm³/mol. The number of aliphatic hydroxyl groups excluding tert-OH is 1. The summed E-state index contributed by atoms with van der Waals surface area (Å²) in [7, 11) is 0. The molecule has 2 saturated carbocycles. The van der Waals surface area contributed by atoms with Crippen LogP contribution in [0.4, 0.5) is 0 Å². The van der Waals surface area contributed by atoms with Gasteiger partial charge in [-0.25, -0.2) is 4.98 Å². The Labute approximate surface area is 94.4 Å². The van der Waals surface area contributed by atoms with Crippen LogP contribution < -0.4 is 0 Å². The maximum atomic E-state index is 9.47. The average molecular weight is 223 g/mol. The molecule has 2 aliphatic rings. The van der Waals surface area contributed by atoms with E-state index in [0.717, 1.165) is 18.8 Å². The molecule has 15 heavy (non-hydrogen) atoms. The minimum absolute atomic E-state index is 0.0402. The van der Waals surface area contributed by atoms with E-state index < -0.39 is 0 Å². The molecule has 0 aliphatic heterocycles. The van der Waals surface area contributed by atoms with E-state index in [1.54, 1.807) is 11.3 Å². The first-order valence-electron chi connectivity index (χ1n) is 5.91. The summed E-state index contributed by atoms with van der Waals surface area (Å²) in [6.07, 6.45) is 7.49. The van der Waals surface area contributed by atoms with Crippen LogP contribution in [0.2, 0.25) is 0 Å². The largest absolute Gasteiger partial charge is 0.395 e. The molecule has 0 spiro atoms. The van der Waals surface area contributed by atoms with Crippen molar-refractivity contribution < 1.29 is 5.11 Å². The lowest BCUT2D eigenvalue weighted by atomic mass is 9.67. The Balaban J connectivity index is 1.82. The first-order valence-corrected chi connectivity index (χ1v) is 6.79. The zero-order chi connectivity index (χ0) is 10.3.